The lowest BCUT2D eigenvalue weighted by molar-refractivity contribution is -0.385. The Morgan fingerprint density at radius 2 is 1.75 bits per heavy atom. The number of hydrogen-bond donors (Lipinski definition) is 1. The standard InChI is InChI=1S/C15H11BrN2O5S/c16-12-6-8-13(9-7-12)24(22,23)17-15(19)10-5-11-3-1-2-4-14(11)18(20)21/h1-10H,(H,17,19). The summed E-state index contributed by atoms with van der Waals surface area (Å²) in [6.45, 7) is 0. The molecule has 24 heavy (non-hydrogen) atoms. The molecule has 7 nitrogen and oxygen atoms in total. The van der Waals surface area contributed by atoms with Gasteiger partial charge in [0, 0.05) is 16.6 Å². The van der Waals surface area contributed by atoms with Crippen molar-refractivity contribution in [2.24, 2.45) is 0 Å². The minimum atomic E-state index is -4.01. The Morgan fingerprint density at radius 1 is 1.12 bits per heavy atom. The van der Waals surface area contributed by atoms with E-state index < -0.39 is 20.9 Å². The first-order valence-electron chi connectivity index (χ1n) is 6.53. The van der Waals surface area contributed by atoms with Crippen LogP contribution in [0.5, 0.6) is 0 Å². The van der Waals surface area contributed by atoms with Gasteiger partial charge in [0.15, 0.2) is 0 Å². The van der Waals surface area contributed by atoms with Gasteiger partial charge in [-0.25, -0.2) is 13.1 Å². The number of hydrogen-bond acceptors (Lipinski definition) is 5. The highest BCUT2D eigenvalue weighted by molar-refractivity contribution is 9.10. The van der Waals surface area contributed by atoms with E-state index in [0.29, 0.717) is 4.47 Å². The zero-order valence-electron chi connectivity index (χ0n) is 12.0. The minimum Gasteiger partial charge on any atom is -0.269 e. The molecule has 0 heterocycles. The molecule has 0 fully saturated rings. The van der Waals surface area contributed by atoms with Gasteiger partial charge in [0.1, 0.15) is 0 Å². The molecule has 1 N–H and O–H groups in total. The molecule has 2 aromatic rings. The van der Waals surface area contributed by atoms with Crippen LogP contribution in [0.15, 0.2) is 64.0 Å². The largest absolute Gasteiger partial charge is 0.276 e. The van der Waals surface area contributed by atoms with Gasteiger partial charge in [0.05, 0.1) is 15.4 Å². The van der Waals surface area contributed by atoms with Gasteiger partial charge >= 0.3 is 0 Å². The molecule has 2 rings (SSSR count). The summed E-state index contributed by atoms with van der Waals surface area (Å²) in [7, 11) is -4.01. The number of carbonyl (C=O) groups is 1. The number of halogens is 1. The van der Waals surface area contributed by atoms with Gasteiger partial charge in [-0.2, -0.15) is 0 Å². The summed E-state index contributed by atoms with van der Waals surface area (Å²) in [5.41, 5.74) is 0.0102. The molecule has 0 bridgehead atoms. The van der Waals surface area contributed by atoms with Crippen LogP contribution in [-0.4, -0.2) is 19.2 Å². The number of carbonyl (C=O) groups excluding carboxylic acids is 1. The first-order valence-corrected chi connectivity index (χ1v) is 8.81. The fraction of sp³-hybridized carbons (Fsp3) is 0. The molecule has 9 heteroatoms. The number of nitro benzene ring substituents is 1. The summed E-state index contributed by atoms with van der Waals surface area (Å²) in [5, 5.41) is 10.9. The van der Waals surface area contributed by atoms with Crippen molar-refractivity contribution >= 4 is 43.6 Å². The Labute approximate surface area is 146 Å². The number of rotatable bonds is 5. The predicted octanol–water partition coefficient (Wildman–Crippen LogP) is 2.88. The summed E-state index contributed by atoms with van der Waals surface area (Å²) >= 11 is 3.18. The first kappa shape index (κ1) is 17.8. The zero-order valence-corrected chi connectivity index (χ0v) is 14.5. The van der Waals surface area contributed by atoms with Gasteiger partial charge in [0.2, 0.25) is 0 Å². The van der Waals surface area contributed by atoms with E-state index in [1.807, 2.05) is 4.72 Å². The number of amides is 1. The van der Waals surface area contributed by atoms with Crippen LogP contribution < -0.4 is 4.72 Å². The molecule has 124 valence electrons. The molecule has 0 aliphatic rings. The second kappa shape index (κ2) is 7.37. The Bertz CT molecular complexity index is 908. The fourth-order valence-electron chi connectivity index (χ4n) is 1.80. The molecule has 0 atom stereocenters. The molecule has 0 aliphatic heterocycles. The third-order valence-corrected chi connectivity index (χ3v) is 4.80. The Kier molecular flexibility index (Phi) is 5.47. The highest BCUT2D eigenvalue weighted by atomic mass is 79.9. The second-order valence-corrected chi connectivity index (χ2v) is 7.17. The quantitative estimate of drug-likeness (QED) is 0.463. The second-order valence-electron chi connectivity index (χ2n) is 4.57. The van der Waals surface area contributed by atoms with Crippen LogP contribution in [0, 0.1) is 10.1 Å². The van der Waals surface area contributed by atoms with Crippen molar-refractivity contribution in [1.29, 1.82) is 0 Å². The van der Waals surface area contributed by atoms with Gasteiger partial charge in [-0.05, 0) is 36.4 Å². The summed E-state index contributed by atoms with van der Waals surface area (Å²) in [6.07, 6.45) is 2.11. The lowest BCUT2D eigenvalue weighted by atomic mass is 10.1. The van der Waals surface area contributed by atoms with Gasteiger partial charge in [-0.3, -0.25) is 14.9 Å². The highest BCUT2D eigenvalue weighted by Crippen LogP contribution is 2.19. The van der Waals surface area contributed by atoms with Gasteiger partial charge in [-0.15, -0.1) is 0 Å². The van der Waals surface area contributed by atoms with E-state index in [-0.39, 0.29) is 16.1 Å². The number of nitrogens with zero attached hydrogens (tertiary/aromatic N) is 1. The van der Waals surface area contributed by atoms with E-state index in [2.05, 4.69) is 15.9 Å². The minimum absolute atomic E-state index is 0.0712. The number of nitrogens with one attached hydrogen (secondary N) is 1. The molecular formula is C15H11BrN2O5S. The van der Waals surface area contributed by atoms with E-state index >= 15 is 0 Å². The van der Waals surface area contributed by atoms with E-state index in [1.165, 1.54) is 48.5 Å². The third kappa shape index (κ3) is 4.49. The molecule has 0 saturated heterocycles. The van der Waals surface area contributed by atoms with Crippen LogP contribution in [0.2, 0.25) is 0 Å². The number of sulfonamides is 1. The molecule has 0 aliphatic carbocycles. The Hall–Kier alpha value is -2.52. The summed E-state index contributed by atoms with van der Waals surface area (Å²) in [5.74, 6) is -0.906. The average Bonchev–Trinajstić information content (AvgIpc) is 2.53. The maximum atomic E-state index is 12.1. The number of nitro groups is 1. The number of benzene rings is 2. The lowest BCUT2D eigenvalue weighted by Crippen LogP contribution is -2.28. The normalized spacial score (nSPS) is 11.4. The van der Waals surface area contributed by atoms with Crippen LogP contribution >= 0.6 is 15.9 Å². The molecule has 0 radical (unpaired) electrons. The van der Waals surface area contributed by atoms with Crippen molar-refractivity contribution < 1.29 is 18.1 Å². The highest BCUT2D eigenvalue weighted by Gasteiger charge is 2.16. The van der Waals surface area contributed by atoms with Gasteiger partial charge < -0.3 is 0 Å². The number of para-hydroxylation sites is 1. The third-order valence-electron chi connectivity index (χ3n) is 2.91. The SMILES string of the molecule is O=C(C=Cc1ccccc1[N+](=O)[O-])NS(=O)(=O)c1ccc(Br)cc1. The van der Waals surface area contributed by atoms with Crippen LogP contribution in [-0.2, 0) is 14.8 Å². The maximum Gasteiger partial charge on any atom is 0.276 e. The first-order chi connectivity index (χ1) is 11.3. The van der Waals surface area contributed by atoms with Crippen molar-refractivity contribution in [2.45, 2.75) is 4.90 Å². The average molecular weight is 411 g/mol. The smallest absolute Gasteiger partial charge is 0.269 e. The molecule has 2 aromatic carbocycles. The topological polar surface area (TPSA) is 106 Å². The molecular weight excluding hydrogens is 400 g/mol. The van der Waals surface area contributed by atoms with E-state index in [0.717, 1.165) is 6.08 Å². The maximum absolute atomic E-state index is 12.1. The van der Waals surface area contributed by atoms with Crippen molar-refractivity contribution in [1.82, 2.24) is 4.72 Å². The van der Waals surface area contributed by atoms with Crippen molar-refractivity contribution in [3.8, 4) is 0 Å². The van der Waals surface area contributed by atoms with Crippen molar-refractivity contribution in [3.63, 3.8) is 0 Å². The van der Waals surface area contributed by atoms with Gasteiger partial charge in [0.25, 0.3) is 21.6 Å². The zero-order chi connectivity index (χ0) is 17.7. The summed E-state index contributed by atoms with van der Waals surface area (Å²) in [4.78, 5) is 22.0. The fourth-order valence-corrected chi connectivity index (χ4v) is 3.01. The molecule has 0 unspecified atom stereocenters. The monoisotopic (exact) mass is 410 g/mol. The molecule has 0 saturated carbocycles. The Morgan fingerprint density at radius 3 is 2.38 bits per heavy atom. The predicted molar refractivity (Wildman–Crippen MR) is 91.6 cm³/mol. The van der Waals surface area contributed by atoms with Crippen LogP contribution in [0.4, 0.5) is 5.69 Å². The summed E-state index contributed by atoms with van der Waals surface area (Å²) < 4.78 is 26.7. The Balaban J connectivity index is 2.16. The van der Waals surface area contributed by atoms with Crippen LogP contribution in [0.25, 0.3) is 6.08 Å². The van der Waals surface area contributed by atoms with Crippen LogP contribution in [0.1, 0.15) is 5.56 Å². The van der Waals surface area contributed by atoms with E-state index in [4.69, 9.17) is 0 Å². The molecule has 0 aromatic heterocycles. The van der Waals surface area contributed by atoms with E-state index in [9.17, 15) is 23.3 Å². The van der Waals surface area contributed by atoms with Crippen molar-refractivity contribution in [2.75, 3.05) is 0 Å². The van der Waals surface area contributed by atoms with Crippen molar-refractivity contribution in [3.05, 3.63) is 74.8 Å². The summed E-state index contributed by atoms with van der Waals surface area (Å²) in [6, 6.07) is 11.5. The van der Waals surface area contributed by atoms with Crippen LogP contribution in [0.3, 0.4) is 0 Å². The molecule has 0 spiro atoms. The van der Waals surface area contributed by atoms with E-state index in [1.54, 1.807) is 6.07 Å². The molecule has 1 amide bonds. The lowest BCUT2D eigenvalue weighted by Gasteiger charge is -2.04. The van der Waals surface area contributed by atoms with Gasteiger partial charge in [-0.1, -0.05) is 28.1 Å².